The second kappa shape index (κ2) is 7.85. The van der Waals surface area contributed by atoms with E-state index in [1.54, 1.807) is 0 Å². The Morgan fingerprint density at radius 2 is 2.00 bits per heavy atom. The van der Waals surface area contributed by atoms with Crippen LogP contribution < -0.4 is 5.32 Å². The number of amides is 1. The molecule has 1 aliphatic rings. The van der Waals surface area contributed by atoms with Crippen LogP contribution in [0.4, 0.5) is 0 Å². The first-order valence-electron chi connectivity index (χ1n) is 8.68. The first-order valence-corrected chi connectivity index (χ1v) is 10.1. The number of hydrogen-bond acceptors (Lipinski definition) is 3. The Morgan fingerprint density at radius 1 is 1.32 bits per heavy atom. The van der Waals surface area contributed by atoms with Crippen LogP contribution >= 0.6 is 0 Å². The maximum Gasteiger partial charge on any atom is 0.281 e. The second-order valence-electron chi connectivity index (χ2n) is 7.08. The number of carbonyl (C=O) groups is 1. The van der Waals surface area contributed by atoms with E-state index in [0.29, 0.717) is 19.4 Å². The predicted molar refractivity (Wildman–Crippen MR) is 99.4 cm³/mol. The van der Waals surface area contributed by atoms with Crippen LogP contribution in [0.2, 0.25) is 0 Å². The van der Waals surface area contributed by atoms with Crippen LogP contribution in [0, 0.1) is 19.8 Å². The van der Waals surface area contributed by atoms with Crippen LogP contribution in [0.15, 0.2) is 18.2 Å². The number of carbonyl (C=O) groups excluding carboxylic acids is 1. The quantitative estimate of drug-likeness (QED) is 0.865. The van der Waals surface area contributed by atoms with Crippen molar-refractivity contribution in [3.8, 4) is 0 Å². The first kappa shape index (κ1) is 19.9. The molecule has 1 aromatic carbocycles. The fourth-order valence-corrected chi connectivity index (χ4v) is 4.51. The van der Waals surface area contributed by atoms with Crippen LogP contribution in [-0.2, 0) is 15.0 Å². The second-order valence-corrected chi connectivity index (χ2v) is 9.22. The van der Waals surface area contributed by atoms with Crippen molar-refractivity contribution in [1.82, 2.24) is 13.9 Å². The summed E-state index contributed by atoms with van der Waals surface area (Å²) in [5.74, 6) is -0.386. The Kier molecular flexibility index (Phi) is 6.24. The number of benzene rings is 1. The Hall–Kier alpha value is -1.44. The number of rotatable bonds is 5. The largest absolute Gasteiger partial charge is 0.349 e. The van der Waals surface area contributed by atoms with Crippen molar-refractivity contribution in [3.63, 3.8) is 0 Å². The lowest BCUT2D eigenvalue weighted by Gasteiger charge is -2.33. The van der Waals surface area contributed by atoms with Crippen LogP contribution in [-0.4, -0.2) is 50.1 Å². The molecule has 7 heteroatoms. The van der Waals surface area contributed by atoms with Gasteiger partial charge in [0.2, 0.25) is 5.91 Å². The van der Waals surface area contributed by atoms with Crippen LogP contribution in [0.3, 0.4) is 0 Å². The average molecular weight is 368 g/mol. The Morgan fingerprint density at radius 3 is 2.60 bits per heavy atom. The molecule has 140 valence electrons. The Balaban J connectivity index is 2.05. The third kappa shape index (κ3) is 4.59. The van der Waals surface area contributed by atoms with E-state index in [1.165, 1.54) is 28.3 Å². The highest BCUT2D eigenvalue weighted by molar-refractivity contribution is 7.86. The lowest BCUT2D eigenvalue weighted by Crippen LogP contribution is -2.49. The minimum atomic E-state index is -3.47. The summed E-state index contributed by atoms with van der Waals surface area (Å²) in [5, 5.41) is 3.05. The molecule has 1 aromatic rings. The summed E-state index contributed by atoms with van der Waals surface area (Å²) in [5.41, 5.74) is 3.43. The fraction of sp³-hybridized carbons (Fsp3) is 0.611. The van der Waals surface area contributed by atoms with Gasteiger partial charge in [0.05, 0.1) is 12.0 Å². The smallest absolute Gasteiger partial charge is 0.281 e. The van der Waals surface area contributed by atoms with Crippen molar-refractivity contribution in [2.75, 3.05) is 27.2 Å². The third-order valence-corrected chi connectivity index (χ3v) is 6.70. The van der Waals surface area contributed by atoms with E-state index in [9.17, 15) is 13.2 Å². The van der Waals surface area contributed by atoms with Gasteiger partial charge in [0.1, 0.15) is 0 Å². The van der Waals surface area contributed by atoms with Crippen molar-refractivity contribution >= 4 is 16.1 Å². The summed E-state index contributed by atoms with van der Waals surface area (Å²) in [6, 6.07) is 6.08. The Labute approximate surface area is 151 Å². The normalized spacial score (nSPS) is 20.5. The molecule has 0 radical (unpaired) electrons. The van der Waals surface area contributed by atoms with Gasteiger partial charge in [0.15, 0.2) is 0 Å². The lowest BCUT2D eigenvalue weighted by atomic mass is 9.96. The van der Waals surface area contributed by atoms with Gasteiger partial charge < -0.3 is 5.32 Å². The minimum absolute atomic E-state index is 0.0777. The van der Waals surface area contributed by atoms with Gasteiger partial charge in [-0.15, -0.1) is 0 Å². The molecular weight excluding hydrogens is 338 g/mol. The molecule has 1 fully saturated rings. The third-order valence-electron chi connectivity index (χ3n) is 4.79. The zero-order valence-electron chi connectivity index (χ0n) is 15.7. The van der Waals surface area contributed by atoms with E-state index in [-0.39, 0.29) is 24.4 Å². The molecule has 25 heavy (non-hydrogen) atoms. The summed E-state index contributed by atoms with van der Waals surface area (Å²) < 4.78 is 27.2. The van der Waals surface area contributed by atoms with E-state index in [2.05, 4.69) is 11.4 Å². The van der Waals surface area contributed by atoms with Gasteiger partial charge in [-0.1, -0.05) is 23.8 Å². The molecule has 1 N–H and O–H groups in total. The molecule has 0 saturated carbocycles. The van der Waals surface area contributed by atoms with Gasteiger partial charge in [-0.25, -0.2) is 0 Å². The standard InChI is InChI=1S/C18H29N3O3S/c1-13-8-9-17(14(2)11-13)15(3)19-18(22)16-7-6-10-21(12-16)25(23,24)20(4)5/h8-9,11,15-16H,6-7,10,12H2,1-5H3,(H,19,22)/t15-,16+/m1/s1. The zero-order valence-corrected chi connectivity index (χ0v) is 16.6. The number of nitrogens with one attached hydrogen (secondary N) is 1. The topological polar surface area (TPSA) is 69.7 Å². The molecule has 1 amide bonds. The van der Waals surface area contributed by atoms with E-state index < -0.39 is 10.2 Å². The SMILES string of the molecule is Cc1ccc([C@@H](C)NC(=O)[C@H]2CCCN(S(=O)(=O)N(C)C)C2)c(C)c1. The molecule has 6 nitrogen and oxygen atoms in total. The van der Waals surface area contributed by atoms with E-state index >= 15 is 0 Å². The van der Waals surface area contributed by atoms with Crippen molar-refractivity contribution in [2.45, 2.75) is 39.7 Å². The number of hydrogen-bond donors (Lipinski definition) is 1. The summed E-state index contributed by atoms with van der Waals surface area (Å²) in [6.45, 7) is 6.76. The highest BCUT2D eigenvalue weighted by Gasteiger charge is 2.33. The fourth-order valence-electron chi connectivity index (χ4n) is 3.32. The molecule has 1 saturated heterocycles. The maximum absolute atomic E-state index is 12.7. The molecule has 0 aliphatic carbocycles. The molecule has 0 unspecified atom stereocenters. The number of nitrogens with zero attached hydrogens (tertiary/aromatic N) is 2. The van der Waals surface area contributed by atoms with Crippen molar-refractivity contribution < 1.29 is 13.2 Å². The number of aryl methyl sites for hydroxylation is 2. The summed E-state index contributed by atoms with van der Waals surface area (Å²) in [7, 11) is -0.442. The van der Waals surface area contributed by atoms with Gasteiger partial charge in [0.25, 0.3) is 10.2 Å². The average Bonchev–Trinajstić information content (AvgIpc) is 2.54. The van der Waals surface area contributed by atoms with Crippen molar-refractivity contribution in [3.05, 3.63) is 34.9 Å². The van der Waals surface area contributed by atoms with Gasteiger partial charge in [-0.3, -0.25) is 4.79 Å². The van der Waals surface area contributed by atoms with E-state index in [1.807, 2.05) is 32.9 Å². The number of piperidine rings is 1. The van der Waals surface area contributed by atoms with Crippen LogP contribution in [0.25, 0.3) is 0 Å². The first-order chi connectivity index (χ1) is 11.6. The predicted octanol–water partition coefficient (Wildman–Crippen LogP) is 2.00. The highest BCUT2D eigenvalue weighted by atomic mass is 32.2. The monoisotopic (exact) mass is 367 g/mol. The van der Waals surface area contributed by atoms with Gasteiger partial charge in [-0.05, 0) is 44.7 Å². The summed E-state index contributed by atoms with van der Waals surface area (Å²) in [6.07, 6.45) is 1.41. The van der Waals surface area contributed by atoms with Crippen molar-refractivity contribution in [1.29, 1.82) is 0 Å². The summed E-state index contributed by atoms with van der Waals surface area (Å²) in [4.78, 5) is 12.7. The highest BCUT2D eigenvalue weighted by Crippen LogP contribution is 2.23. The molecule has 0 bridgehead atoms. The lowest BCUT2D eigenvalue weighted by molar-refractivity contribution is -0.126. The van der Waals surface area contributed by atoms with Crippen LogP contribution in [0.1, 0.15) is 42.5 Å². The van der Waals surface area contributed by atoms with E-state index in [4.69, 9.17) is 0 Å². The molecule has 0 aromatic heterocycles. The van der Waals surface area contributed by atoms with Gasteiger partial charge in [-0.2, -0.15) is 17.0 Å². The molecular formula is C18H29N3O3S. The van der Waals surface area contributed by atoms with Gasteiger partial charge >= 0.3 is 0 Å². The van der Waals surface area contributed by atoms with Gasteiger partial charge in [0, 0.05) is 27.2 Å². The van der Waals surface area contributed by atoms with E-state index in [0.717, 1.165) is 11.1 Å². The molecule has 2 rings (SSSR count). The molecule has 1 aliphatic heterocycles. The van der Waals surface area contributed by atoms with Crippen LogP contribution in [0.5, 0.6) is 0 Å². The molecule has 1 heterocycles. The maximum atomic E-state index is 12.7. The summed E-state index contributed by atoms with van der Waals surface area (Å²) >= 11 is 0. The zero-order chi connectivity index (χ0) is 18.8. The minimum Gasteiger partial charge on any atom is -0.349 e. The Bertz CT molecular complexity index is 731. The van der Waals surface area contributed by atoms with Crippen molar-refractivity contribution in [2.24, 2.45) is 5.92 Å². The molecule has 2 atom stereocenters. The molecule has 0 spiro atoms.